The van der Waals surface area contributed by atoms with Gasteiger partial charge in [-0.3, -0.25) is 4.99 Å². The predicted molar refractivity (Wildman–Crippen MR) is 111 cm³/mol. The highest BCUT2D eigenvalue weighted by atomic mass is 35.5. The Morgan fingerprint density at radius 3 is 2.59 bits per heavy atom. The highest BCUT2D eigenvalue weighted by molar-refractivity contribution is 6.30. The van der Waals surface area contributed by atoms with E-state index in [1.165, 1.54) is 16.7 Å². The minimum atomic E-state index is 0.724. The summed E-state index contributed by atoms with van der Waals surface area (Å²) in [5.41, 5.74) is 3.67. The fraction of sp³-hybridized carbons (Fsp3) is 0.238. The second-order valence-electron chi connectivity index (χ2n) is 6.28. The molecule has 5 nitrogen and oxygen atoms in total. The SMILES string of the molecule is CN=C(NCCc1cccc(Cl)c1)NCc1ccc(Cn2ccnc2)cc1. The van der Waals surface area contributed by atoms with Crippen LogP contribution in [0.2, 0.25) is 5.02 Å². The van der Waals surface area contributed by atoms with Crippen LogP contribution in [0.3, 0.4) is 0 Å². The number of hydrogen-bond acceptors (Lipinski definition) is 2. The van der Waals surface area contributed by atoms with Gasteiger partial charge >= 0.3 is 0 Å². The Balaban J connectivity index is 1.43. The normalized spacial score (nSPS) is 11.4. The van der Waals surface area contributed by atoms with Gasteiger partial charge in [-0.2, -0.15) is 0 Å². The van der Waals surface area contributed by atoms with Gasteiger partial charge in [-0.1, -0.05) is 48.0 Å². The molecule has 140 valence electrons. The molecule has 1 aromatic heterocycles. The number of hydrogen-bond donors (Lipinski definition) is 2. The topological polar surface area (TPSA) is 54.2 Å². The van der Waals surface area contributed by atoms with Crippen molar-refractivity contribution in [3.8, 4) is 0 Å². The van der Waals surface area contributed by atoms with Crippen LogP contribution in [0, 0.1) is 0 Å². The Hall–Kier alpha value is -2.79. The number of rotatable bonds is 7. The second kappa shape index (κ2) is 9.78. The average molecular weight is 382 g/mol. The van der Waals surface area contributed by atoms with Gasteiger partial charge < -0.3 is 15.2 Å². The van der Waals surface area contributed by atoms with Crippen LogP contribution in [0.4, 0.5) is 0 Å². The van der Waals surface area contributed by atoms with E-state index in [0.29, 0.717) is 0 Å². The van der Waals surface area contributed by atoms with Crippen molar-refractivity contribution in [1.29, 1.82) is 0 Å². The predicted octanol–water partition coefficient (Wildman–Crippen LogP) is 3.49. The van der Waals surface area contributed by atoms with Gasteiger partial charge in [0.05, 0.1) is 6.33 Å². The summed E-state index contributed by atoms with van der Waals surface area (Å²) in [5.74, 6) is 0.791. The summed E-state index contributed by atoms with van der Waals surface area (Å²) in [7, 11) is 1.78. The maximum absolute atomic E-state index is 6.02. The molecule has 0 radical (unpaired) electrons. The third-order valence-corrected chi connectivity index (χ3v) is 4.46. The molecule has 0 amide bonds. The lowest BCUT2D eigenvalue weighted by Gasteiger charge is -2.12. The maximum atomic E-state index is 6.02. The summed E-state index contributed by atoms with van der Waals surface area (Å²) in [6, 6.07) is 16.5. The zero-order valence-corrected chi connectivity index (χ0v) is 16.2. The number of nitrogens with one attached hydrogen (secondary N) is 2. The Bertz CT molecular complexity index is 857. The molecule has 3 aromatic rings. The molecule has 3 rings (SSSR count). The summed E-state index contributed by atoms with van der Waals surface area (Å²) >= 11 is 6.02. The molecule has 2 aromatic carbocycles. The first-order valence-corrected chi connectivity index (χ1v) is 9.33. The summed E-state index contributed by atoms with van der Waals surface area (Å²) in [5, 5.41) is 7.45. The van der Waals surface area contributed by atoms with E-state index in [0.717, 1.165) is 37.0 Å². The highest BCUT2D eigenvalue weighted by Gasteiger charge is 2.01. The summed E-state index contributed by atoms with van der Waals surface area (Å²) in [6.45, 7) is 2.35. The Morgan fingerprint density at radius 1 is 1.07 bits per heavy atom. The molecule has 1 heterocycles. The second-order valence-corrected chi connectivity index (χ2v) is 6.72. The third kappa shape index (κ3) is 6.15. The summed E-state index contributed by atoms with van der Waals surface area (Å²) in [6.07, 6.45) is 6.48. The fourth-order valence-electron chi connectivity index (χ4n) is 2.78. The number of imidazole rings is 1. The van der Waals surface area contributed by atoms with Crippen molar-refractivity contribution in [2.24, 2.45) is 4.99 Å². The number of halogens is 1. The molecule has 0 aliphatic rings. The van der Waals surface area contributed by atoms with E-state index in [-0.39, 0.29) is 0 Å². The molecule has 0 bridgehead atoms. The van der Waals surface area contributed by atoms with Crippen LogP contribution in [-0.4, -0.2) is 29.1 Å². The fourth-order valence-corrected chi connectivity index (χ4v) is 2.99. The summed E-state index contributed by atoms with van der Waals surface area (Å²) < 4.78 is 2.05. The van der Waals surface area contributed by atoms with Gasteiger partial charge in [0.2, 0.25) is 0 Å². The average Bonchev–Trinajstić information content (AvgIpc) is 3.19. The molecule has 27 heavy (non-hydrogen) atoms. The number of benzene rings is 2. The number of nitrogens with zero attached hydrogens (tertiary/aromatic N) is 3. The van der Waals surface area contributed by atoms with Crippen molar-refractivity contribution < 1.29 is 0 Å². The van der Waals surface area contributed by atoms with Gasteiger partial charge in [0, 0.05) is 44.1 Å². The van der Waals surface area contributed by atoms with E-state index in [4.69, 9.17) is 11.6 Å². The lowest BCUT2D eigenvalue weighted by molar-refractivity contribution is 0.788. The first-order valence-electron chi connectivity index (χ1n) is 8.95. The zero-order chi connectivity index (χ0) is 18.9. The Labute approximate surface area is 165 Å². The summed E-state index contributed by atoms with van der Waals surface area (Å²) in [4.78, 5) is 8.35. The molecule has 0 saturated heterocycles. The van der Waals surface area contributed by atoms with Crippen LogP contribution in [0.25, 0.3) is 0 Å². The lowest BCUT2D eigenvalue weighted by atomic mass is 10.1. The van der Waals surface area contributed by atoms with Crippen molar-refractivity contribution in [2.75, 3.05) is 13.6 Å². The first-order chi connectivity index (χ1) is 13.2. The van der Waals surface area contributed by atoms with Crippen LogP contribution in [0.5, 0.6) is 0 Å². The molecule has 0 aliphatic carbocycles. The standard InChI is InChI=1S/C21H24ClN5/c1-23-21(25-10-9-17-3-2-4-20(22)13-17)26-14-18-5-7-19(8-6-18)15-27-12-11-24-16-27/h2-8,11-13,16H,9-10,14-15H2,1H3,(H2,23,25,26). The Kier molecular flexibility index (Phi) is 6.88. The van der Waals surface area contributed by atoms with Crippen LogP contribution < -0.4 is 10.6 Å². The first kappa shape index (κ1) is 19.0. The number of guanidine groups is 1. The van der Waals surface area contributed by atoms with Crippen LogP contribution in [0.1, 0.15) is 16.7 Å². The van der Waals surface area contributed by atoms with Gasteiger partial charge in [0.15, 0.2) is 5.96 Å². The maximum Gasteiger partial charge on any atom is 0.191 e. The molecule has 0 atom stereocenters. The van der Waals surface area contributed by atoms with E-state index in [1.807, 2.05) is 30.7 Å². The van der Waals surface area contributed by atoms with E-state index in [1.54, 1.807) is 13.2 Å². The van der Waals surface area contributed by atoms with Crippen LogP contribution in [0.15, 0.2) is 72.2 Å². The van der Waals surface area contributed by atoms with E-state index in [2.05, 4.69) is 55.5 Å². The van der Waals surface area contributed by atoms with Crippen molar-refractivity contribution in [2.45, 2.75) is 19.5 Å². The number of aromatic nitrogens is 2. The van der Waals surface area contributed by atoms with Gasteiger partial charge in [0.1, 0.15) is 0 Å². The minimum absolute atomic E-state index is 0.724. The third-order valence-electron chi connectivity index (χ3n) is 4.23. The van der Waals surface area contributed by atoms with Crippen LogP contribution in [-0.2, 0) is 19.5 Å². The number of aliphatic imine (C=N–C) groups is 1. The monoisotopic (exact) mass is 381 g/mol. The molecule has 0 aliphatic heterocycles. The van der Waals surface area contributed by atoms with E-state index in [9.17, 15) is 0 Å². The molecule has 2 N–H and O–H groups in total. The van der Waals surface area contributed by atoms with Gasteiger partial charge in [-0.25, -0.2) is 4.98 Å². The van der Waals surface area contributed by atoms with Gasteiger partial charge in [0.25, 0.3) is 0 Å². The highest BCUT2D eigenvalue weighted by Crippen LogP contribution is 2.10. The van der Waals surface area contributed by atoms with E-state index >= 15 is 0 Å². The lowest BCUT2D eigenvalue weighted by Crippen LogP contribution is -2.37. The zero-order valence-electron chi connectivity index (χ0n) is 15.4. The Morgan fingerprint density at radius 2 is 1.89 bits per heavy atom. The van der Waals surface area contributed by atoms with Gasteiger partial charge in [-0.05, 0) is 35.2 Å². The van der Waals surface area contributed by atoms with Crippen molar-refractivity contribution >= 4 is 17.6 Å². The quantitative estimate of drug-likeness (QED) is 0.486. The molecule has 0 spiro atoms. The smallest absolute Gasteiger partial charge is 0.191 e. The molecular formula is C21H24ClN5. The van der Waals surface area contributed by atoms with Gasteiger partial charge in [-0.15, -0.1) is 0 Å². The molecule has 0 saturated carbocycles. The largest absolute Gasteiger partial charge is 0.356 e. The van der Waals surface area contributed by atoms with Crippen molar-refractivity contribution in [1.82, 2.24) is 20.2 Å². The van der Waals surface area contributed by atoms with E-state index < -0.39 is 0 Å². The molecule has 0 unspecified atom stereocenters. The molecule has 6 heteroatoms. The molecule has 0 fully saturated rings. The van der Waals surface area contributed by atoms with Crippen LogP contribution >= 0.6 is 11.6 Å². The van der Waals surface area contributed by atoms with Crippen molar-refractivity contribution in [3.63, 3.8) is 0 Å². The van der Waals surface area contributed by atoms with Crippen molar-refractivity contribution in [3.05, 3.63) is 89.0 Å². The molecular weight excluding hydrogens is 358 g/mol. The minimum Gasteiger partial charge on any atom is -0.356 e.